The average molecular weight is 344 g/mol. The molecule has 0 aliphatic carbocycles. The standard InChI is InChI=1S/C18H17FN2O4/c19-14-4-2-1-3-12(14)15-6-5-11(25-15)7-21-8-13-16(22)20-9-18(13,10-21)17(23)24/h1-6,13H,7-10H2,(H,20,22)(H,23,24)/t13-,18+/m0/s1. The van der Waals surface area contributed by atoms with Gasteiger partial charge in [0.05, 0.1) is 18.0 Å². The SMILES string of the molecule is O=C1NC[C@@]2(C(=O)O)CN(Cc3ccc(-c4ccccc4F)o3)C[C@@H]12. The maximum Gasteiger partial charge on any atom is 0.313 e. The van der Waals surface area contributed by atoms with Crippen molar-refractivity contribution in [3.63, 3.8) is 0 Å². The van der Waals surface area contributed by atoms with E-state index in [1.807, 2.05) is 4.90 Å². The van der Waals surface area contributed by atoms with Gasteiger partial charge >= 0.3 is 5.97 Å². The Hall–Kier alpha value is -2.67. The number of rotatable bonds is 4. The number of fused-ring (bicyclic) bond motifs is 1. The number of aliphatic carboxylic acids is 1. The molecule has 0 bridgehead atoms. The molecule has 6 nitrogen and oxygen atoms in total. The van der Waals surface area contributed by atoms with Gasteiger partial charge in [-0.1, -0.05) is 12.1 Å². The van der Waals surface area contributed by atoms with Crippen molar-refractivity contribution >= 4 is 11.9 Å². The number of furan rings is 1. The number of halogens is 1. The van der Waals surface area contributed by atoms with Crippen LogP contribution >= 0.6 is 0 Å². The number of hydrogen-bond acceptors (Lipinski definition) is 4. The summed E-state index contributed by atoms with van der Waals surface area (Å²) in [5.74, 6) is -1.04. The van der Waals surface area contributed by atoms with Crippen molar-refractivity contribution < 1.29 is 23.5 Å². The van der Waals surface area contributed by atoms with E-state index in [1.165, 1.54) is 6.07 Å². The van der Waals surface area contributed by atoms with E-state index in [2.05, 4.69) is 5.32 Å². The van der Waals surface area contributed by atoms with Crippen LogP contribution in [0.4, 0.5) is 4.39 Å². The monoisotopic (exact) mass is 344 g/mol. The number of hydrogen-bond donors (Lipinski definition) is 2. The molecule has 4 rings (SSSR count). The topological polar surface area (TPSA) is 82.8 Å². The van der Waals surface area contributed by atoms with Crippen LogP contribution in [0.25, 0.3) is 11.3 Å². The van der Waals surface area contributed by atoms with Gasteiger partial charge in [0, 0.05) is 19.6 Å². The third-order valence-corrected chi connectivity index (χ3v) is 5.11. The van der Waals surface area contributed by atoms with Crippen molar-refractivity contribution in [3.05, 3.63) is 48.0 Å². The first-order valence-corrected chi connectivity index (χ1v) is 8.07. The van der Waals surface area contributed by atoms with Crippen LogP contribution in [0.1, 0.15) is 5.76 Å². The van der Waals surface area contributed by atoms with E-state index in [1.54, 1.807) is 30.3 Å². The molecule has 7 heteroatoms. The van der Waals surface area contributed by atoms with Gasteiger partial charge in [0.1, 0.15) is 22.8 Å². The Morgan fingerprint density at radius 1 is 1.36 bits per heavy atom. The molecule has 2 aliphatic heterocycles. The molecular formula is C18H17FN2O4. The zero-order valence-electron chi connectivity index (χ0n) is 13.4. The number of amides is 1. The second-order valence-electron chi connectivity index (χ2n) is 6.65. The van der Waals surface area contributed by atoms with E-state index in [-0.39, 0.29) is 24.8 Å². The zero-order valence-corrected chi connectivity index (χ0v) is 13.4. The van der Waals surface area contributed by atoms with E-state index < -0.39 is 17.3 Å². The maximum atomic E-state index is 13.8. The Balaban J connectivity index is 1.52. The predicted octanol–water partition coefficient (Wildman–Crippen LogP) is 1.72. The lowest BCUT2D eigenvalue weighted by Crippen LogP contribution is -2.40. The van der Waals surface area contributed by atoms with Crippen molar-refractivity contribution in [3.8, 4) is 11.3 Å². The lowest BCUT2D eigenvalue weighted by molar-refractivity contribution is -0.149. The van der Waals surface area contributed by atoms with Crippen LogP contribution in [0.2, 0.25) is 0 Å². The van der Waals surface area contributed by atoms with E-state index >= 15 is 0 Å². The predicted molar refractivity (Wildman–Crippen MR) is 85.9 cm³/mol. The van der Waals surface area contributed by atoms with Crippen LogP contribution in [0.15, 0.2) is 40.8 Å². The highest BCUT2D eigenvalue weighted by molar-refractivity contribution is 5.92. The van der Waals surface area contributed by atoms with Crippen molar-refractivity contribution in [2.75, 3.05) is 19.6 Å². The largest absolute Gasteiger partial charge is 0.481 e. The zero-order chi connectivity index (χ0) is 17.6. The summed E-state index contributed by atoms with van der Waals surface area (Å²) in [4.78, 5) is 25.5. The van der Waals surface area contributed by atoms with Gasteiger partial charge in [-0.05, 0) is 24.3 Å². The minimum Gasteiger partial charge on any atom is -0.481 e. The summed E-state index contributed by atoms with van der Waals surface area (Å²) in [6.45, 7) is 1.18. The molecule has 1 amide bonds. The first-order chi connectivity index (χ1) is 12.0. The number of likely N-dealkylation sites (tertiary alicyclic amines) is 1. The van der Waals surface area contributed by atoms with E-state index in [4.69, 9.17) is 4.42 Å². The molecular weight excluding hydrogens is 327 g/mol. The van der Waals surface area contributed by atoms with E-state index in [0.717, 1.165) is 0 Å². The van der Waals surface area contributed by atoms with Gasteiger partial charge < -0.3 is 14.8 Å². The minimum absolute atomic E-state index is 0.154. The number of carboxylic acids is 1. The van der Waals surface area contributed by atoms with E-state index in [9.17, 15) is 19.1 Å². The lowest BCUT2D eigenvalue weighted by atomic mass is 9.81. The number of carbonyl (C=O) groups is 2. The number of nitrogens with zero attached hydrogens (tertiary/aromatic N) is 1. The molecule has 0 spiro atoms. The Morgan fingerprint density at radius 3 is 2.88 bits per heavy atom. The van der Waals surface area contributed by atoms with Crippen LogP contribution < -0.4 is 5.32 Å². The van der Waals surface area contributed by atoms with E-state index in [0.29, 0.717) is 30.2 Å². The van der Waals surface area contributed by atoms with Crippen LogP contribution in [0.3, 0.4) is 0 Å². The molecule has 2 aromatic rings. The molecule has 1 aromatic carbocycles. The Morgan fingerprint density at radius 2 is 2.16 bits per heavy atom. The normalized spacial score (nSPS) is 25.8. The van der Waals surface area contributed by atoms with Crippen molar-refractivity contribution in [1.82, 2.24) is 10.2 Å². The van der Waals surface area contributed by atoms with Crippen LogP contribution in [0, 0.1) is 17.2 Å². The molecule has 0 saturated carbocycles. The molecule has 2 atom stereocenters. The molecule has 2 fully saturated rings. The molecule has 2 saturated heterocycles. The van der Waals surface area contributed by atoms with Crippen molar-refractivity contribution in [1.29, 1.82) is 0 Å². The van der Waals surface area contributed by atoms with Crippen LogP contribution in [0.5, 0.6) is 0 Å². The van der Waals surface area contributed by atoms with Crippen LogP contribution in [-0.4, -0.2) is 41.5 Å². The number of carboxylic acid groups (broad SMARTS) is 1. The first-order valence-electron chi connectivity index (χ1n) is 8.07. The number of carbonyl (C=O) groups excluding carboxylic acids is 1. The fraction of sp³-hybridized carbons (Fsp3) is 0.333. The lowest BCUT2D eigenvalue weighted by Gasteiger charge is -2.21. The quantitative estimate of drug-likeness (QED) is 0.882. The number of nitrogens with one attached hydrogen (secondary N) is 1. The molecule has 2 N–H and O–H groups in total. The van der Waals surface area contributed by atoms with Gasteiger partial charge in [-0.25, -0.2) is 4.39 Å². The molecule has 25 heavy (non-hydrogen) atoms. The highest BCUT2D eigenvalue weighted by Gasteiger charge is 2.59. The second-order valence-corrected chi connectivity index (χ2v) is 6.65. The summed E-state index contributed by atoms with van der Waals surface area (Å²) in [6.07, 6.45) is 0. The number of benzene rings is 1. The van der Waals surface area contributed by atoms with Gasteiger partial charge in [0.15, 0.2) is 0 Å². The Kier molecular flexibility index (Phi) is 3.61. The van der Waals surface area contributed by atoms with Crippen LogP contribution in [-0.2, 0) is 16.1 Å². The fourth-order valence-electron chi connectivity index (χ4n) is 3.79. The van der Waals surface area contributed by atoms with Gasteiger partial charge in [0.2, 0.25) is 5.91 Å². The van der Waals surface area contributed by atoms with Gasteiger partial charge in [-0.15, -0.1) is 0 Å². The molecule has 130 valence electrons. The smallest absolute Gasteiger partial charge is 0.313 e. The van der Waals surface area contributed by atoms with Crippen molar-refractivity contribution in [2.45, 2.75) is 6.54 Å². The molecule has 1 aromatic heterocycles. The Bertz CT molecular complexity index is 849. The first kappa shape index (κ1) is 15.8. The second kappa shape index (κ2) is 5.70. The molecule has 0 unspecified atom stereocenters. The third-order valence-electron chi connectivity index (χ3n) is 5.11. The van der Waals surface area contributed by atoms with Gasteiger partial charge in [-0.3, -0.25) is 14.5 Å². The summed E-state index contributed by atoms with van der Waals surface area (Å²) in [5, 5.41) is 12.2. The molecule has 3 heterocycles. The minimum atomic E-state index is -1.07. The molecule has 0 radical (unpaired) electrons. The summed E-state index contributed by atoms with van der Waals surface area (Å²) in [7, 11) is 0. The third kappa shape index (κ3) is 2.51. The van der Waals surface area contributed by atoms with Gasteiger partial charge in [0.25, 0.3) is 0 Å². The summed E-state index contributed by atoms with van der Waals surface area (Å²) in [6, 6.07) is 9.81. The Labute approximate surface area is 143 Å². The van der Waals surface area contributed by atoms with Gasteiger partial charge in [-0.2, -0.15) is 0 Å². The highest BCUT2D eigenvalue weighted by Crippen LogP contribution is 2.40. The summed E-state index contributed by atoms with van der Waals surface area (Å²) in [5.41, 5.74) is -0.689. The van der Waals surface area contributed by atoms with Crippen molar-refractivity contribution in [2.24, 2.45) is 11.3 Å². The average Bonchev–Trinajstić information content (AvgIpc) is 3.25. The summed E-state index contributed by atoms with van der Waals surface area (Å²) < 4.78 is 19.6. The highest BCUT2D eigenvalue weighted by atomic mass is 19.1. The summed E-state index contributed by atoms with van der Waals surface area (Å²) >= 11 is 0. The maximum absolute atomic E-state index is 13.8. The molecule has 2 aliphatic rings. The fourth-order valence-corrected chi connectivity index (χ4v) is 3.79.